The first-order valence-corrected chi connectivity index (χ1v) is 8.84. The zero-order valence-corrected chi connectivity index (χ0v) is 14.1. The quantitative estimate of drug-likeness (QED) is 0.772. The van der Waals surface area contributed by atoms with Crippen LogP contribution in [0.4, 0.5) is 0 Å². The van der Waals surface area contributed by atoms with E-state index in [9.17, 15) is 0 Å². The fourth-order valence-electron chi connectivity index (χ4n) is 4.36. The highest BCUT2D eigenvalue weighted by molar-refractivity contribution is 4.91. The van der Waals surface area contributed by atoms with Gasteiger partial charge in [0.05, 0.1) is 5.60 Å². The van der Waals surface area contributed by atoms with Crippen molar-refractivity contribution in [3.05, 3.63) is 0 Å². The van der Waals surface area contributed by atoms with E-state index < -0.39 is 0 Å². The van der Waals surface area contributed by atoms with Gasteiger partial charge >= 0.3 is 0 Å². The van der Waals surface area contributed by atoms with E-state index >= 15 is 0 Å². The Morgan fingerprint density at radius 2 is 1.95 bits per heavy atom. The number of ether oxygens (including phenoxy) is 1. The van der Waals surface area contributed by atoms with E-state index in [1.807, 2.05) is 0 Å². The Morgan fingerprint density at radius 1 is 1.25 bits per heavy atom. The lowest BCUT2D eigenvalue weighted by atomic mass is 9.78. The van der Waals surface area contributed by atoms with E-state index in [4.69, 9.17) is 4.74 Å². The average molecular weight is 281 g/mol. The van der Waals surface area contributed by atoms with E-state index in [-0.39, 0.29) is 5.60 Å². The van der Waals surface area contributed by atoms with E-state index in [0.717, 1.165) is 18.9 Å². The Balaban J connectivity index is 1.86. The number of rotatable bonds is 6. The Morgan fingerprint density at radius 3 is 2.55 bits per heavy atom. The molecular weight excluding hydrogens is 246 g/mol. The lowest BCUT2D eigenvalue weighted by Gasteiger charge is -2.40. The van der Waals surface area contributed by atoms with Crippen LogP contribution in [0.3, 0.4) is 0 Å². The molecule has 1 saturated carbocycles. The van der Waals surface area contributed by atoms with Crippen molar-refractivity contribution in [2.45, 2.75) is 90.7 Å². The monoisotopic (exact) mass is 281 g/mol. The summed E-state index contributed by atoms with van der Waals surface area (Å²) in [6, 6.07) is 0.665. The fraction of sp³-hybridized carbons (Fsp3) is 1.00. The highest BCUT2D eigenvalue weighted by Crippen LogP contribution is 2.43. The first-order chi connectivity index (χ1) is 9.47. The zero-order chi connectivity index (χ0) is 14.6. The van der Waals surface area contributed by atoms with Gasteiger partial charge < -0.3 is 10.1 Å². The van der Waals surface area contributed by atoms with Crippen molar-refractivity contribution in [1.29, 1.82) is 0 Å². The van der Waals surface area contributed by atoms with Crippen LogP contribution in [0.2, 0.25) is 0 Å². The Bertz CT molecular complexity index is 296. The van der Waals surface area contributed by atoms with Crippen LogP contribution in [-0.4, -0.2) is 24.8 Å². The van der Waals surface area contributed by atoms with E-state index in [1.165, 1.54) is 51.5 Å². The molecule has 0 radical (unpaired) electrons. The van der Waals surface area contributed by atoms with Crippen molar-refractivity contribution < 1.29 is 4.74 Å². The van der Waals surface area contributed by atoms with Crippen LogP contribution in [0.1, 0.15) is 79.1 Å². The summed E-state index contributed by atoms with van der Waals surface area (Å²) in [5.74, 6) is 0.825. The maximum Gasteiger partial charge on any atom is 0.0666 e. The summed E-state index contributed by atoms with van der Waals surface area (Å²) in [5, 5.41) is 3.92. The Hall–Kier alpha value is -0.0800. The van der Waals surface area contributed by atoms with Gasteiger partial charge in [-0.05, 0) is 56.8 Å². The van der Waals surface area contributed by atoms with Crippen LogP contribution in [0, 0.1) is 11.3 Å². The van der Waals surface area contributed by atoms with Gasteiger partial charge in [-0.2, -0.15) is 0 Å². The number of hydrogen-bond acceptors (Lipinski definition) is 2. The predicted molar refractivity (Wildman–Crippen MR) is 86.0 cm³/mol. The summed E-state index contributed by atoms with van der Waals surface area (Å²) < 4.78 is 5.97. The minimum atomic E-state index is 0.108. The SMILES string of the molecule is CCC1(C)CC(NCC2(CC(C)C)CCCC2)CCO1. The number of hydrogen-bond donors (Lipinski definition) is 1. The molecule has 2 fully saturated rings. The fourth-order valence-corrected chi connectivity index (χ4v) is 4.36. The summed E-state index contributed by atoms with van der Waals surface area (Å²) in [4.78, 5) is 0. The third-order valence-corrected chi connectivity index (χ3v) is 5.61. The standard InChI is InChI=1S/C18H35NO/c1-5-17(4)13-16(8-11-20-17)19-14-18(12-15(2)3)9-6-7-10-18/h15-16,19H,5-14H2,1-4H3. The second-order valence-corrected chi connectivity index (χ2v) is 8.03. The summed E-state index contributed by atoms with van der Waals surface area (Å²) in [7, 11) is 0. The molecule has 0 spiro atoms. The van der Waals surface area contributed by atoms with Crippen LogP contribution >= 0.6 is 0 Å². The summed E-state index contributed by atoms with van der Waals surface area (Å²) in [6.45, 7) is 11.4. The van der Waals surface area contributed by atoms with Gasteiger partial charge in [-0.25, -0.2) is 0 Å². The van der Waals surface area contributed by atoms with Crippen molar-refractivity contribution in [1.82, 2.24) is 5.32 Å². The predicted octanol–water partition coefficient (Wildman–Crippen LogP) is 4.53. The van der Waals surface area contributed by atoms with Crippen LogP contribution in [0.5, 0.6) is 0 Å². The molecule has 2 aliphatic rings. The van der Waals surface area contributed by atoms with Crippen LogP contribution in [0.15, 0.2) is 0 Å². The van der Waals surface area contributed by atoms with Gasteiger partial charge in [-0.1, -0.05) is 33.6 Å². The summed E-state index contributed by atoms with van der Waals surface area (Å²) in [5.41, 5.74) is 0.700. The van der Waals surface area contributed by atoms with Crippen LogP contribution < -0.4 is 5.32 Å². The number of nitrogens with one attached hydrogen (secondary N) is 1. The summed E-state index contributed by atoms with van der Waals surface area (Å²) >= 11 is 0. The third kappa shape index (κ3) is 4.21. The van der Waals surface area contributed by atoms with E-state index in [0.29, 0.717) is 11.5 Å². The third-order valence-electron chi connectivity index (χ3n) is 5.61. The molecule has 20 heavy (non-hydrogen) atoms. The highest BCUT2D eigenvalue weighted by atomic mass is 16.5. The van der Waals surface area contributed by atoms with Gasteiger partial charge in [0.25, 0.3) is 0 Å². The molecule has 0 bridgehead atoms. The second kappa shape index (κ2) is 6.79. The van der Waals surface area contributed by atoms with Crippen molar-refractivity contribution in [3.63, 3.8) is 0 Å². The lowest BCUT2D eigenvalue weighted by Crippen LogP contribution is -2.47. The smallest absolute Gasteiger partial charge is 0.0666 e. The molecule has 0 aromatic rings. The molecule has 1 aliphatic carbocycles. The van der Waals surface area contributed by atoms with Crippen molar-refractivity contribution in [2.75, 3.05) is 13.2 Å². The molecular formula is C18H35NO. The maximum absolute atomic E-state index is 5.97. The lowest BCUT2D eigenvalue weighted by molar-refractivity contribution is -0.0790. The molecule has 1 heterocycles. The highest BCUT2D eigenvalue weighted by Gasteiger charge is 2.36. The van der Waals surface area contributed by atoms with Gasteiger partial charge in [0, 0.05) is 19.2 Å². The molecule has 1 N–H and O–H groups in total. The van der Waals surface area contributed by atoms with Gasteiger partial charge in [-0.3, -0.25) is 0 Å². The minimum absolute atomic E-state index is 0.108. The molecule has 2 unspecified atom stereocenters. The minimum Gasteiger partial charge on any atom is -0.375 e. The molecule has 1 saturated heterocycles. The maximum atomic E-state index is 5.97. The first-order valence-electron chi connectivity index (χ1n) is 8.84. The molecule has 2 heteroatoms. The molecule has 2 rings (SSSR count). The van der Waals surface area contributed by atoms with E-state index in [1.54, 1.807) is 0 Å². The normalized spacial score (nSPS) is 33.8. The topological polar surface area (TPSA) is 21.3 Å². The van der Waals surface area contributed by atoms with Gasteiger partial charge in [0.2, 0.25) is 0 Å². The van der Waals surface area contributed by atoms with Crippen LogP contribution in [-0.2, 0) is 4.74 Å². The molecule has 0 aromatic carbocycles. The molecule has 118 valence electrons. The Kier molecular flexibility index (Phi) is 5.53. The van der Waals surface area contributed by atoms with Crippen LogP contribution in [0.25, 0.3) is 0 Å². The first kappa shape index (κ1) is 16.3. The molecule has 0 amide bonds. The molecule has 0 aromatic heterocycles. The van der Waals surface area contributed by atoms with Crippen molar-refractivity contribution in [2.24, 2.45) is 11.3 Å². The van der Waals surface area contributed by atoms with Gasteiger partial charge in [0.1, 0.15) is 0 Å². The van der Waals surface area contributed by atoms with Gasteiger partial charge in [-0.15, -0.1) is 0 Å². The summed E-state index contributed by atoms with van der Waals surface area (Å²) in [6.07, 6.45) is 10.6. The van der Waals surface area contributed by atoms with Crippen molar-refractivity contribution in [3.8, 4) is 0 Å². The molecule has 2 nitrogen and oxygen atoms in total. The van der Waals surface area contributed by atoms with Gasteiger partial charge in [0.15, 0.2) is 0 Å². The second-order valence-electron chi connectivity index (χ2n) is 8.03. The largest absolute Gasteiger partial charge is 0.375 e. The molecule has 2 atom stereocenters. The van der Waals surface area contributed by atoms with Crippen molar-refractivity contribution >= 4 is 0 Å². The molecule has 1 aliphatic heterocycles. The van der Waals surface area contributed by atoms with E-state index in [2.05, 4.69) is 33.0 Å². The average Bonchev–Trinajstić information content (AvgIpc) is 2.85. The zero-order valence-electron chi connectivity index (χ0n) is 14.1. The Labute approximate surface area is 126 Å².